The number of benzene rings is 2. The lowest BCUT2D eigenvalue weighted by molar-refractivity contribution is -0.153. The molecule has 4 aromatic rings. The molecule has 5 rings (SSSR count). The molecule has 1 aliphatic rings. The molecule has 0 N–H and O–H groups in total. The first-order valence-corrected chi connectivity index (χ1v) is 17.2. The summed E-state index contributed by atoms with van der Waals surface area (Å²) in [6, 6.07) is 17.7. The number of rotatable bonds is 11. The standard InChI is InChI=1S/C37H44ClN3O4S/c1-7-44-35(43)37(5,6)22-32-33(46-36(2,3)4)30-21-29(14-15-31(30)41(32)23-25-10-12-27(38)13-11-25)45-24-28-9-8-20-40(28)34(42)26-16-18-39-19-17-26/h10-19,21,28H,7-9,20,22-24H2,1-6H3. The number of pyridine rings is 1. The maximum atomic E-state index is 13.2. The molecule has 1 amide bonds. The van der Waals surface area contributed by atoms with E-state index in [1.807, 2.05) is 56.0 Å². The maximum absolute atomic E-state index is 13.2. The molecule has 1 atom stereocenters. The fourth-order valence-electron chi connectivity index (χ4n) is 5.94. The van der Waals surface area contributed by atoms with Crippen LogP contribution in [-0.2, 0) is 22.5 Å². The van der Waals surface area contributed by atoms with Gasteiger partial charge in [0.1, 0.15) is 12.4 Å². The minimum absolute atomic E-state index is 0.00442. The molecule has 46 heavy (non-hydrogen) atoms. The lowest BCUT2D eigenvalue weighted by atomic mass is 9.87. The van der Waals surface area contributed by atoms with Crippen LogP contribution in [0.2, 0.25) is 5.02 Å². The zero-order valence-corrected chi connectivity index (χ0v) is 29.2. The first kappa shape index (κ1) is 33.9. The van der Waals surface area contributed by atoms with Crippen molar-refractivity contribution in [2.75, 3.05) is 19.8 Å². The highest BCUT2D eigenvalue weighted by atomic mass is 35.5. The predicted octanol–water partition coefficient (Wildman–Crippen LogP) is 8.44. The van der Waals surface area contributed by atoms with Crippen LogP contribution in [0.5, 0.6) is 5.75 Å². The van der Waals surface area contributed by atoms with E-state index < -0.39 is 5.41 Å². The van der Waals surface area contributed by atoms with E-state index in [1.54, 1.807) is 36.3 Å². The second kappa shape index (κ2) is 14.1. The average Bonchev–Trinajstić information content (AvgIpc) is 3.59. The molecule has 0 spiro atoms. The number of thioether (sulfide) groups is 1. The van der Waals surface area contributed by atoms with Gasteiger partial charge in [0.2, 0.25) is 0 Å². The van der Waals surface area contributed by atoms with E-state index in [1.165, 1.54) is 0 Å². The molecule has 0 radical (unpaired) electrons. The van der Waals surface area contributed by atoms with Crippen molar-refractivity contribution in [1.82, 2.24) is 14.5 Å². The molecule has 2 aromatic heterocycles. The summed E-state index contributed by atoms with van der Waals surface area (Å²) in [7, 11) is 0. The van der Waals surface area contributed by atoms with Crippen LogP contribution in [0.4, 0.5) is 0 Å². The molecule has 7 nitrogen and oxygen atoms in total. The average molecular weight is 662 g/mol. The van der Waals surface area contributed by atoms with Gasteiger partial charge in [0.05, 0.1) is 18.1 Å². The zero-order chi connectivity index (χ0) is 33.1. The van der Waals surface area contributed by atoms with E-state index in [-0.39, 0.29) is 22.7 Å². The molecule has 1 aliphatic heterocycles. The van der Waals surface area contributed by atoms with Crippen molar-refractivity contribution in [3.63, 3.8) is 0 Å². The summed E-state index contributed by atoms with van der Waals surface area (Å²) in [4.78, 5) is 33.4. The summed E-state index contributed by atoms with van der Waals surface area (Å²) in [5.74, 6) is 0.559. The summed E-state index contributed by atoms with van der Waals surface area (Å²) >= 11 is 8.02. The minimum Gasteiger partial charge on any atom is -0.491 e. The van der Waals surface area contributed by atoms with Gasteiger partial charge in [-0.25, -0.2) is 0 Å². The molecule has 2 aromatic carbocycles. The Morgan fingerprint density at radius 2 is 1.74 bits per heavy atom. The Balaban J connectivity index is 1.52. The van der Waals surface area contributed by atoms with E-state index in [0.29, 0.717) is 43.3 Å². The summed E-state index contributed by atoms with van der Waals surface area (Å²) in [6.45, 7) is 14.5. The van der Waals surface area contributed by atoms with Crippen molar-refractivity contribution in [2.45, 2.75) is 83.0 Å². The monoisotopic (exact) mass is 661 g/mol. The second-order valence-corrected chi connectivity index (χ2v) is 15.8. The lowest BCUT2D eigenvalue weighted by Gasteiger charge is -2.26. The Hall–Kier alpha value is -3.49. The van der Waals surface area contributed by atoms with Crippen LogP contribution in [0.15, 0.2) is 71.9 Å². The van der Waals surface area contributed by atoms with E-state index in [0.717, 1.165) is 45.6 Å². The SMILES string of the molecule is CCOC(=O)C(C)(C)Cc1c(SC(C)(C)C)c2cc(OCC3CCCN3C(=O)c3ccncc3)ccc2n1Cc1ccc(Cl)cc1. The maximum Gasteiger partial charge on any atom is 0.311 e. The van der Waals surface area contributed by atoms with Crippen molar-refractivity contribution in [1.29, 1.82) is 0 Å². The zero-order valence-electron chi connectivity index (χ0n) is 27.6. The summed E-state index contributed by atoms with van der Waals surface area (Å²) < 4.78 is 14.2. The molecule has 0 saturated carbocycles. The summed E-state index contributed by atoms with van der Waals surface area (Å²) in [6.07, 6.45) is 5.66. The Bertz CT molecular complexity index is 1680. The molecular weight excluding hydrogens is 618 g/mol. The highest BCUT2D eigenvalue weighted by Crippen LogP contribution is 2.44. The van der Waals surface area contributed by atoms with Crippen molar-refractivity contribution in [2.24, 2.45) is 5.41 Å². The molecule has 9 heteroatoms. The van der Waals surface area contributed by atoms with Gasteiger partial charge in [0, 0.05) is 68.7 Å². The van der Waals surface area contributed by atoms with Gasteiger partial charge in [0.25, 0.3) is 5.91 Å². The minimum atomic E-state index is -0.734. The van der Waals surface area contributed by atoms with Gasteiger partial charge in [-0.1, -0.05) is 44.5 Å². The number of halogens is 1. The van der Waals surface area contributed by atoms with E-state index in [2.05, 4.69) is 42.5 Å². The van der Waals surface area contributed by atoms with Crippen LogP contribution in [-0.4, -0.2) is 56.9 Å². The molecular formula is C37H44ClN3O4S. The van der Waals surface area contributed by atoms with Gasteiger partial charge < -0.3 is 18.9 Å². The number of carbonyl (C=O) groups is 2. The number of nitrogens with zero attached hydrogens (tertiary/aromatic N) is 3. The van der Waals surface area contributed by atoms with Crippen LogP contribution >= 0.6 is 23.4 Å². The van der Waals surface area contributed by atoms with Gasteiger partial charge in [-0.3, -0.25) is 14.6 Å². The second-order valence-electron chi connectivity index (χ2n) is 13.5. The van der Waals surface area contributed by atoms with Crippen LogP contribution < -0.4 is 4.74 Å². The molecule has 3 heterocycles. The number of aromatic nitrogens is 2. The fraction of sp³-hybridized carbons (Fsp3) is 0.432. The van der Waals surface area contributed by atoms with Crippen LogP contribution in [0.1, 0.15) is 76.0 Å². The summed E-state index contributed by atoms with van der Waals surface area (Å²) in [5, 5.41) is 1.77. The number of ether oxygens (including phenoxy) is 2. The van der Waals surface area contributed by atoms with Crippen molar-refractivity contribution < 1.29 is 19.1 Å². The van der Waals surface area contributed by atoms with Gasteiger partial charge in [-0.05, 0) is 81.6 Å². The highest BCUT2D eigenvalue weighted by Gasteiger charge is 2.34. The molecule has 244 valence electrons. The van der Waals surface area contributed by atoms with Crippen molar-refractivity contribution >= 4 is 46.1 Å². The van der Waals surface area contributed by atoms with Crippen LogP contribution in [0.25, 0.3) is 10.9 Å². The molecule has 1 unspecified atom stereocenters. The quantitative estimate of drug-likeness (QED) is 0.119. The fourth-order valence-corrected chi connectivity index (χ4v) is 7.25. The van der Waals surface area contributed by atoms with Crippen LogP contribution in [0.3, 0.4) is 0 Å². The number of likely N-dealkylation sites (tertiary alicyclic amines) is 1. The first-order valence-electron chi connectivity index (χ1n) is 16.0. The third-order valence-electron chi connectivity index (χ3n) is 8.20. The molecule has 1 fully saturated rings. The third-order valence-corrected chi connectivity index (χ3v) is 9.72. The van der Waals surface area contributed by atoms with Crippen molar-refractivity contribution in [3.8, 4) is 5.75 Å². The van der Waals surface area contributed by atoms with E-state index in [9.17, 15) is 9.59 Å². The number of esters is 1. The largest absolute Gasteiger partial charge is 0.491 e. The number of amides is 1. The molecule has 0 aliphatic carbocycles. The first-order chi connectivity index (χ1) is 21.9. The predicted molar refractivity (Wildman–Crippen MR) is 186 cm³/mol. The Kier molecular flexibility index (Phi) is 10.4. The molecule has 0 bridgehead atoms. The van der Waals surface area contributed by atoms with E-state index >= 15 is 0 Å². The number of carbonyl (C=O) groups excluding carboxylic acids is 2. The smallest absolute Gasteiger partial charge is 0.311 e. The Labute approximate surface area is 281 Å². The number of hydrogen-bond donors (Lipinski definition) is 0. The normalized spacial score (nSPS) is 15.4. The van der Waals surface area contributed by atoms with Crippen molar-refractivity contribution in [3.05, 3.63) is 88.8 Å². The highest BCUT2D eigenvalue weighted by molar-refractivity contribution is 8.00. The van der Waals surface area contributed by atoms with Gasteiger partial charge in [-0.2, -0.15) is 0 Å². The van der Waals surface area contributed by atoms with Gasteiger partial charge in [0.15, 0.2) is 0 Å². The van der Waals surface area contributed by atoms with Gasteiger partial charge >= 0.3 is 5.97 Å². The number of fused-ring (bicyclic) bond motifs is 1. The Morgan fingerprint density at radius 1 is 1.02 bits per heavy atom. The topological polar surface area (TPSA) is 73.7 Å². The van der Waals surface area contributed by atoms with Gasteiger partial charge in [-0.15, -0.1) is 11.8 Å². The lowest BCUT2D eigenvalue weighted by Crippen LogP contribution is -2.39. The Morgan fingerprint density at radius 3 is 2.41 bits per heavy atom. The van der Waals surface area contributed by atoms with E-state index in [4.69, 9.17) is 21.1 Å². The summed E-state index contributed by atoms with van der Waals surface area (Å²) in [5.41, 5.74) is 3.18. The molecule has 1 saturated heterocycles. The van der Waals surface area contributed by atoms with Crippen LogP contribution in [0, 0.1) is 5.41 Å². The number of hydrogen-bond acceptors (Lipinski definition) is 6. The third kappa shape index (κ3) is 7.89.